The fraction of sp³-hybridized carbons (Fsp3) is 0.605. The molecular weight excluding hydrogens is 664 g/mol. The largest absolute Gasteiger partial charge is 0.481 e. The highest BCUT2D eigenvalue weighted by atomic mass is 16.6. The molecule has 0 aromatic carbocycles. The number of ether oxygens (including phenoxy) is 4. The molecule has 4 aliphatic rings. The summed E-state index contributed by atoms with van der Waals surface area (Å²) >= 11 is 0. The Kier molecular flexibility index (Phi) is 9.98. The van der Waals surface area contributed by atoms with Crippen molar-refractivity contribution in [2.24, 2.45) is 34.5 Å². The SMILES string of the molecule is C=C1[C@@H]([C@@]2(C)C=CC(=O)O[C@]3(C)COC(=O)C[C@H]23)[C@H](C(=O)O)[C@H](OC(=O)[C@H](O)[C@H](C)CC)[C@@]2(C)[C@H](c3ccoc3)C[C@@H](OC(=O)C(C)=CC)[C@]12O. The van der Waals surface area contributed by atoms with Crippen molar-refractivity contribution < 1.29 is 62.7 Å². The zero-order valence-corrected chi connectivity index (χ0v) is 30.0. The van der Waals surface area contributed by atoms with E-state index in [2.05, 4.69) is 6.58 Å². The molecule has 0 radical (unpaired) electrons. The maximum atomic E-state index is 13.8. The van der Waals surface area contributed by atoms with Crippen LogP contribution >= 0.6 is 0 Å². The lowest BCUT2D eigenvalue weighted by Gasteiger charge is -2.61. The maximum Gasteiger partial charge on any atom is 0.335 e. The second kappa shape index (κ2) is 13.4. The maximum absolute atomic E-state index is 13.8. The van der Waals surface area contributed by atoms with Gasteiger partial charge < -0.3 is 38.7 Å². The Morgan fingerprint density at radius 3 is 2.45 bits per heavy atom. The lowest BCUT2D eigenvalue weighted by molar-refractivity contribution is -0.231. The molecular formula is C38H48O13. The molecule has 51 heavy (non-hydrogen) atoms. The van der Waals surface area contributed by atoms with E-state index in [-0.39, 0.29) is 30.6 Å². The fourth-order valence-corrected chi connectivity index (χ4v) is 9.21. The van der Waals surface area contributed by atoms with Crippen LogP contribution in [0.25, 0.3) is 0 Å². The quantitative estimate of drug-likeness (QED) is 0.144. The third-order valence-corrected chi connectivity index (χ3v) is 12.5. The summed E-state index contributed by atoms with van der Waals surface area (Å²) in [6.07, 6.45) is 2.34. The van der Waals surface area contributed by atoms with E-state index in [1.165, 1.54) is 18.6 Å². The molecule has 0 unspecified atom stereocenters. The number of furan rings is 1. The van der Waals surface area contributed by atoms with Crippen molar-refractivity contribution in [3.05, 3.63) is 60.1 Å². The molecule has 278 valence electrons. The van der Waals surface area contributed by atoms with Crippen LogP contribution in [0.1, 0.15) is 79.2 Å². The van der Waals surface area contributed by atoms with Gasteiger partial charge in [0.1, 0.15) is 35.9 Å². The van der Waals surface area contributed by atoms with Crippen molar-refractivity contribution in [1.29, 1.82) is 0 Å². The fourth-order valence-electron chi connectivity index (χ4n) is 9.21. The molecule has 2 aliphatic carbocycles. The number of rotatable bonds is 9. The van der Waals surface area contributed by atoms with E-state index >= 15 is 0 Å². The summed E-state index contributed by atoms with van der Waals surface area (Å²) < 4.78 is 28.7. The number of carbonyl (C=O) groups excluding carboxylic acids is 4. The van der Waals surface area contributed by atoms with Crippen LogP contribution in [0.4, 0.5) is 0 Å². The Bertz CT molecular complexity index is 1660. The van der Waals surface area contributed by atoms with Gasteiger partial charge in [-0.3, -0.25) is 9.59 Å². The highest BCUT2D eigenvalue weighted by molar-refractivity contribution is 5.88. The second-order valence-corrected chi connectivity index (χ2v) is 15.2. The topological polar surface area (TPSA) is 196 Å². The monoisotopic (exact) mass is 712 g/mol. The van der Waals surface area contributed by atoms with Crippen LogP contribution in [-0.4, -0.2) is 81.3 Å². The van der Waals surface area contributed by atoms with E-state index < -0.39 is 99.8 Å². The predicted octanol–water partition coefficient (Wildman–Crippen LogP) is 4.03. The number of aliphatic hydroxyl groups excluding tert-OH is 1. The predicted molar refractivity (Wildman–Crippen MR) is 178 cm³/mol. The number of carbonyl (C=O) groups is 5. The van der Waals surface area contributed by atoms with Crippen LogP contribution in [0, 0.1) is 34.5 Å². The van der Waals surface area contributed by atoms with E-state index in [1.54, 1.807) is 60.6 Å². The zero-order valence-electron chi connectivity index (χ0n) is 30.0. The molecule has 2 aliphatic heterocycles. The smallest absolute Gasteiger partial charge is 0.335 e. The number of hydrogen-bond acceptors (Lipinski definition) is 12. The van der Waals surface area contributed by atoms with Crippen LogP contribution in [-0.2, 0) is 42.9 Å². The van der Waals surface area contributed by atoms with Gasteiger partial charge in [0.25, 0.3) is 0 Å². The number of carboxylic acids is 1. The normalized spacial score (nSPS) is 39.1. The number of carboxylic acid groups (broad SMARTS) is 1. The number of hydrogen-bond donors (Lipinski definition) is 3. The van der Waals surface area contributed by atoms with Crippen molar-refractivity contribution in [3.8, 4) is 0 Å². The highest BCUT2D eigenvalue weighted by Crippen LogP contribution is 2.70. The molecule has 13 nitrogen and oxygen atoms in total. The molecule has 0 spiro atoms. The van der Waals surface area contributed by atoms with Gasteiger partial charge in [0.15, 0.2) is 6.10 Å². The van der Waals surface area contributed by atoms with Crippen molar-refractivity contribution in [1.82, 2.24) is 0 Å². The molecule has 3 N–H and O–H groups in total. The summed E-state index contributed by atoms with van der Waals surface area (Å²) in [7, 11) is 0. The Morgan fingerprint density at radius 2 is 1.86 bits per heavy atom. The first-order chi connectivity index (χ1) is 23.8. The molecule has 0 amide bonds. The van der Waals surface area contributed by atoms with Gasteiger partial charge in [-0.1, -0.05) is 52.8 Å². The lowest BCUT2D eigenvalue weighted by atomic mass is 9.45. The molecule has 2 saturated carbocycles. The van der Waals surface area contributed by atoms with Gasteiger partial charge in [0, 0.05) is 40.2 Å². The number of cyclic esters (lactones) is 1. The van der Waals surface area contributed by atoms with Gasteiger partial charge in [0.05, 0.1) is 18.9 Å². The van der Waals surface area contributed by atoms with E-state index in [0.717, 1.165) is 6.08 Å². The average molecular weight is 713 g/mol. The molecule has 3 heterocycles. The van der Waals surface area contributed by atoms with Crippen LogP contribution in [0.2, 0.25) is 0 Å². The molecule has 1 aromatic rings. The zero-order chi connectivity index (χ0) is 37.8. The molecule has 1 saturated heterocycles. The third-order valence-electron chi connectivity index (χ3n) is 12.5. The number of aliphatic carboxylic acids is 1. The molecule has 1 aromatic heterocycles. The van der Waals surface area contributed by atoms with E-state index in [9.17, 15) is 39.3 Å². The average Bonchev–Trinajstić information content (AvgIpc) is 3.68. The second-order valence-electron chi connectivity index (χ2n) is 15.2. The van der Waals surface area contributed by atoms with Gasteiger partial charge in [0.2, 0.25) is 0 Å². The summed E-state index contributed by atoms with van der Waals surface area (Å²) in [5.41, 5.74) is -6.29. The summed E-state index contributed by atoms with van der Waals surface area (Å²) in [5, 5.41) is 35.7. The van der Waals surface area contributed by atoms with Crippen LogP contribution < -0.4 is 0 Å². The van der Waals surface area contributed by atoms with Gasteiger partial charge in [-0.25, -0.2) is 14.4 Å². The molecule has 13 heteroatoms. The number of esters is 4. The first kappa shape index (κ1) is 38.0. The van der Waals surface area contributed by atoms with Gasteiger partial charge in [-0.05, 0) is 50.3 Å². The first-order valence-electron chi connectivity index (χ1n) is 17.3. The Hall–Kier alpha value is -4.23. The van der Waals surface area contributed by atoms with Crippen molar-refractivity contribution in [2.75, 3.05) is 6.61 Å². The molecule has 0 bridgehead atoms. The number of aliphatic hydroxyl groups is 2. The minimum absolute atomic E-state index is 0.0584. The van der Waals surface area contributed by atoms with Gasteiger partial charge in [-0.15, -0.1) is 0 Å². The van der Waals surface area contributed by atoms with E-state index in [0.29, 0.717) is 12.0 Å². The Morgan fingerprint density at radius 1 is 1.18 bits per heavy atom. The minimum Gasteiger partial charge on any atom is -0.481 e. The Labute approximate surface area is 296 Å². The summed E-state index contributed by atoms with van der Waals surface area (Å²) in [5.74, 6) is -9.99. The van der Waals surface area contributed by atoms with Crippen LogP contribution in [0.5, 0.6) is 0 Å². The summed E-state index contributed by atoms with van der Waals surface area (Å²) in [4.78, 5) is 66.9. The molecule has 3 fully saturated rings. The van der Waals surface area contributed by atoms with Gasteiger partial charge >= 0.3 is 29.8 Å². The Balaban J connectivity index is 1.82. The first-order valence-corrected chi connectivity index (χ1v) is 17.3. The van der Waals surface area contributed by atoms with Crippen molar-refractivity contribution in [3.63, 3.8) is 0 Å². The van der Waals surface area contributed by atoms with Crippen molar-refractivity contribution in [2.45, 2.75) is 103 Å². The summed E-state index contributed by atoms with van der Waals surface area (Å²) in [6, 6.07) is 1.63. The van der Waals surface area contributed by atoms with Gasteiger partial charge in [-0.2, -0.15) is 0 Å². The number of fused-ring (bicyclic) bond motifs is 2. The molecule has 5 rings (SSSR count). The number of allylic oxidation sites excluding steroid dienone is 2. The highest BCUT2D eigenvalue weighted by Gasteiger charge is 2.77. The van der Waals surface area contributed by atoms with E-state index in [4.69, 9.17) is 23.4 Å². The van der Waals surface area contributed by atoms with Crippen molar-refractivity contribution >= 4 is 29.8 Å². The lowest BCUT2D eigenvalue weighted by Crippen LogP contribution is -2.70. The summed E-state index contributed by atoms with van der Waals surface area (Å²) in [6.45, 7) is 15.4. The van der Waals surface area contributed by atoms with Crippen LogP contribution in [0.3, 0.4) is 0 Å². The third kappa shape index (κ3) is 5.82. The van der Waals surface area contributed by atoms with E-state index in [1.807, 2.05) is 0 Å². The molecule has 12 atom stereocenters. The standard InChI is InChI=1S/C38H48O13/c1-9-19(3)30(41)34(45)50-31-28(32(42)43)29(35(6)13-11-26(39)51-36(7)18-48-27(40)16-24(35)36)21(5)38(46)25(49-33(44)20(4)10-2)15-23(37(31,38)8)22-12-14-47-17-22/h10-14,17,19,23-25,28-31,41,46H,5,9,15-16,18H2,1-4,6-8H3,(H,42,43)/t19-,23+,24-,25-,28+,29-,30-,31+,35+,36-,37-,38-/m1/s1. The van der Waals surface area contributed by atoms with Crippen LogP contribution in [0.15, 0.2) is 59.0 Å². The minimum atomic E-state index is -2.29.